The second kappa shape index (κ2) is 56.5. The Kier molecular flexibility index (Phi) is 93.5. The van der Waals surface area contributed by atoms with Crippen LogP contribution in [0.1, 0.15) is 24.2 Å². The number of carbonyl (C=O) groups excluding carboxylic acids is 2. The zero-order valence-electron chi connectivity index (χ0n) is 15.9. The first-order valence-electron chi connectivity index (χ1n) is 6.43. The molecular formula is C19H14Co2O10. The average Bonchev–Trinajstić information content (AvgIpc) is 2.82. The van der Waals surface area contributed by atoms with Crippen LogP contribution in [0.25, 0.3) is 0 Å². The van der Waals surface area contributed by atoms with Gasteiger partial charge in [0, 0.05) is 46.9 Å². The topological polar surface area (TPSA) is 172 Å². The number of carbonyl (C=O) groups is 2. The van der Waals surface area contributed by atoms with Gasteiger partial charge in [-0.25, -0.2) is 4.79 Å². The molecular weight excluding hydrogens is 506 g/mol. The predicted octanol–water partition coefficient (Wildman–Crippen LogP) is 1.97. The van der Waals surface area contributed by atoms with Gasteiger partial charge in [-0.2, -0.15) is 0 Å². The van der Waals surface area contributed by atoms with E-state index >= 15 is 0 Å². The molecule has 31 heavy (non-hydrogen) atoms. The molecule has 0 heterocycles. The van der Waals surface area contributed by atoms with Crippen LogP contribution < -0.4 is 4.74 Å². The van der Waals surface area contributed by atoms with Gasteiger partial charge in [-0.3, -0.25) is 4.79 Å². The third-order valence-corrected chi connectivity index (χ3v) is 1.91. The van der Waals surface area contributed by atoms with Crippen molar-refractivity contribution >= 4 is 11.9 Å². The summed E-state index contributed by atoms with van der Waals surface area (Å²) in [7, 11) is 0. The van der Waals surface area contributed by atoms with Crippen molar-refractivity contribution in [1.82, 2.24) is 0 Å². The number of hydrogen-bond acceptors (Lipinski definition) is 4. The fourth-order valence-electron chi connectivity index (χ4n) is 1.18. The second-order valence-corrected chi connectivity index (χ2v) is 3.26. The third-order valence-electron chi connectivity index (χ3n) is 1.91. The van der Waals surface area contributed by atoms with Gasteiger partial charge in [0.15, 0.2) is 0 Å². The Hall–Kier alpha value is -2.39. The molecule has 0 aromatic heterocycles. The van der Waals surface area contributed by atoms with Crippen LogP contribution >= 0.6 is 0 Å². The van der Waals surface area contributed by atoms with Gasteiger partial charge in [0.1, 0.15) is 11.3 Å². The molecule has 0 atom stereocenters. The summed E-state index contributed by atoms with van der Waals surface area (Å²) in [5.41, 5.74) is 0.243. The van der Waals surface area contributed by atoms with Crippen molar-refractivity contribution in [2.24, 2.45) is 0 Å². The summed E-state index contributed by atoms with van der Waals surface area (Å²) in [5, 5.41) is 0. The van der Waals surface area contributed by atoms with Crippen molar-refractivity contribution in [3.8, 4) is 5.75 Å². The predicted molar refractivity (Wildman–Crippen MR) is 85.9 cm³/mol. The second-order valence-electron chi connectivity index (χ2n) is 3.26. The maximum Gasteiger partial charge on any atom is 0 e. The molecule has 12 heteroatoms. The fraction of sp³-hybridized carbons (Fsp3) is 0.158. The van der Waals surface area contributed by atoms with Gasteiger partial charge in [0.25, 0.3) is 0 Å². The van der Waals surface area contributed by atoms with E-state index in [0.717, 1.165) is 0 Å². The molecule has 0 bridgehead atoms. The zero-order chi connectivity index (χ0) is 24.7. The molecule has 0 fully saturated rings. The Morgan fingerprint density at radius 3 is 1.58 bits per heavy atom. The van der Waals surface area contributed by atoms with Gasteiger partial charge in [-0.05, 0) is 18.6 Å². The van der Waals surface area contributed by atoms with E-state index in [-0.39, 0.29) is 51.5 Å². The van der Waals surface area contributed by atoms with Gasteiger partial charge in [-0.1, -0.05) is 19.1 Å². The summed E-state index contributed by atoms with van der Waals surface area (Å²) in [6.07, 6.45) is 3.50. The molecule has 0 unspecified atom stereocenters. The molecule has 0 spiro atoms. The maximum atomic E-state index is 11.7. The van der Waals surface area contributed by atoms with Crippen molar-refractivity contribution < 1.29 is 80.5 Å². The largest absolute Gasteiger partial charge is 0 e. The molecule has 1 rings (SSSR count). The van der Waals surface area contributed by atoms with Crippen LogP contribution in [0.2, 0.25) is 0 Å². The number of esters is 2. The van der Waals surface area contributed by atoms with Crippen molar-refractivity contribution in [3.05, 3.63) is 82.6 Å². The summed E-state index contributed by atoms with van der Waals surface area (Å²) in [4.78, 5) is 22.5. The van der Waals surface area contributed by atoms with Crippen molar-refractivity contribution in [1.29, 1.82) is 0 Å². The van der Waals surface area contributed by atoms with Gasteiger partial charge < -0.3 is 9.47 Å². The molecule has 1 aromatic rings. The number of benzene rings is 1. The Morgan fingerprint density at radius 2 is 1.23 bits per heavy atom. The van der Waals surface area contributed by atoms with E-state index < -0.39 is 11.9 Å². The van der Waals surface area contributed by atoms with Crippen molar-refractivity contribution in [3.63, 3.8) is 0 Å². The summed E-state index contributed by atoms with van der Waals surface area (Å²) in [6, 6.07) is 6.46. The van der Waals surface area contributed by atoms with Crippen LogP contribution in [0.4, 0.5) is 0 Å². The smallest absolute Gasteiger partial charge is 0 e. The molecule has 0 aliphatic rings. The average molecular weight is 520 g/mol. The first-order valence-corrected chi connectivity index (χ1v) is 6.43. The molecule has 0 amide bonds. The monoisotopic (exact) mass is 520 g/mol. The zero-order valence-corrected chi connectivity index (χ0v) is 18.0. The standard InChI is InChI=1S/C13H14O4.6CO.2Co/c1-3-4-9-16-13(15)11-7-5-6-8-12(11)17-10(2)14;6*1-2;;/h3-8H,9H2,1-2H3;;;;;;;;. The number of hydrogen-bond donors (Lipinski definition) is 0. The summed E-state index contributed by atoms with van der Waals surface area (Å²) in [6.45, 7) is 30.3. The summed E-state index contributed by atoms with van der Waals surface area (Å²) < 4.78 is 54.9. The quantitative estimate of drug-likeness (QED) is 0.190. The first-order chi connectivity index (χ1) is 14.1. The van der Waals surface area contributed by atoms with Crippen LogP contribution in [-0.4, -0.2) is 18.5 Å². The van der Waals surface area contributed by atoms with E-state index in [1.54, 1.807) is 37.1 Å². The Morgan fingerprint density at radius 1 is 0.839 bits per heavy atom. The Labute approximate surface area is 201 Å². The molecule has 0 saturated carbocycles. The van der Waals surface area contributed by atoms with Crippen LogP contribution in [-0.2, 0) is 71.0 Å². The molecule has 10 nitrogen and oxygen atoms in total. The Bertz CT molecular complexity index is 600. The molecule has 0 aliphatic heterocycles. The number of para-hydroxylation sites is 1. The molecule has 168 valence electrons. The number of ether oxygens (including phenoxy) is 2. The molecule has 0 aliphatic carbocycles. The van der Waals surface area contributed by atoms with Gasteiger partial charge >= 0.3 is 79.8 Å². The van der Waals surface area contributed by atoms with Crippen LogP contribution in [0.5, 0.6) is 5.75 Å². The fourth-order valence-corrected chi connectivity index (χ4v) is 1.18. The van der Waals surface area contributed by atoms with Crippen LogP contribution in [0.15, 0.2) is 24.3 Å². The molecule has 4 radical (unpaired) electrons. The third kappa shape index (κ3) is 38.8. The van der Waals surface area contributed by atoms with E-state index in [2.05, 4.69) is 39.9 Å². The minimum Gasteiger partial charge on any atom is 0 e. The van der Waals surface area contributed by atoms with E-state index in [1.807, 2.05) is 6.92 Å². The van der Waals surface area contributed by atoms with Gasteiger partial charge in [-0.15, -0.1) is 0 Å². The van der Waals surface area contributed by atoms with E-state index in [9.17, 15) is 9.59 Å². The molecule has 0 N–H and O–H groups in total. The van der Waals surface area contributed by atoms with Gasteiger partial charge in [0.2, 0.25) is 0 Å². The molecule has 1 aromatic carbocycles. The van der Waals surface area contributed by atoms with E-state index in [4.69, 9.17) is 37.4 Å². The van der Waals surface area contributed by atoms with Crippen molar-refractivity contribution in [2.75, 3.05) is 6.61 Å². The van der Waals surface area contributed by atoms with Gasteiger partial charge in [0.05, 0.1) is 6.61 Å². The van der Waals surface area contributed by atoms with Crippen LogP contribution in [0, 0.1) is 52.7 Å². The SMILES string of the molecule is C[CH][CH]COC(=O)c1ccccc1OC(C)=O.[C-]#[O+].[C-]#[O+].[C-]#[O+].[C-]#[O+].[C-]#[O+].[C-]#[O+].[Co].[Co]. The first kappa shape index (κ1) is 51.3. The van der Waals surface area contributed by atoms with E-state index in [0.29, 0.717) is 0 Å². The summed E-state index contributed by atoms with van der Waals surface area (Å²) >= 11 is 0. The number of unbranched alkanes of at least 4 members (excludes halogenated alkanes) is 1. The summed E-state index contributed by atoms with van der Waals surface area (Å²) in [5.74, 6) is -0.774. The van der Waals surface area contributed by atoms with E-state index in [1.165, 1.54) is 6.92 Å². The maximum absolute atomic E-state index is 11.7. The minimum absolute atomic E-state index is 0. The van der Waals surface area contributed by atoms with Crippen LogP contribution in [0.3, 0.4) is 0 Å². The Balaban J connectivity index is -0.0000000545. The normalized spacial score (nSPS) is 5.74. The van der Waals surface area contributed by atoms with Crippen molar-refractivity contribution in [2.45, 2.75) is 13.8 Å². The molecule has 0 saturated heterocycles. The minimum atomic E-state index is -0.514. The number of rotatable bonds is 5.